The Balaban J connectivity index is 1.85. The summed E-state index contributed by atoms with van der Waals surface area (Å²) >= 11 is 0. The maximum atomic E-state index is 13.4. The van der Waals surface area contributed by atoms with Crippen LogP contribution in [0.25, 0.3) is 0 Å². The first-order valence-corrected chi connectivity index (χ1v) is 5.67. The molecule has 0 radical (unpaired) electrons. The van der Waals surface area contributed by atoms with Gasteiger partial charge in [-0.05, 0) is 30.5 Å². The number of benzene rings is 1. The van der Waals surface area contributed by atoms with Gasteiger partial charge in [0, 0.05) is 5.56 Å². The summed E-state index contributed by atoms with van der Waals surface area (Å²) in [7, 11) is 0. The second-order valence-electron chi connectivity index (χ2n) is 4.24. The summed E-state index contributed by atoms with van der Waals surface area (Å²) in [6.07, 6.45) is 5.48. The molecule has 0 aliphatic heterocycles. The van der Waals surface area contributed by atoms with E-state index in [4.69, 9.17) is 4.74 Å². The number of carbonyl (C=O) groups excluding carboxylic acids is 1. The Morgan fingerprint density at radius 3 is 2.81 bits per heavy atom. The highest BCUT2D eigenvalue weighted by Crippen LogP contribution is 2.29. The number of hydrogen-bond acceptors (Lipinski definition) is 2. The monoisotopic (exact) mass is 222 g/mol. The first-order valence-electron chi connectivity index (χ1n) is 5.67. The highest BCUT2D eigenvalue weighted by molar-refractivity contribution is 5.74. The molecule has 2 nitrogen and oxygen atoms in total. The number of aldehydes is 1. The van der Waals surface area contributed by atoms with E-state index in [1.54, 1.807) is 6.07 Å². The van der Waals surface area contributed by atoms with Gasteiger partial charge in [-0.25, -0.2) is 4.39 Å². The van der Waals surface area contributed by atoms with E-state index in [9.17, 15) is 9.18 Å². The zero-order valence-corrected chi connectivity index (χ0v) is 9.12. The van der Waals surface area contributed by atoms with Gasteiger partial charge in [0.2, 0.25) is 0 Å². The molecule has 0 amide bonds. The molecular formula is C13H15FO2. The molecular weight excluding hydrogens is 207 g/mol. The third-order valence-electron chi connectivity index (χ3n) is 3.10. The molecule has 0 N–H and O–H groups in total. The van der Waals surface area contributed by atoms with Crippen LogP contribution in [0.1, 0.15) is 36.0 Å². The van der Waals surface area contributed by atoms with Gasteiger partial charge in [0.1, 0.15) is 6.29 Å². The lowest BCUT2D eigenvalue weighted by Crippen LogP contribution is -2.14. The van der Waals surface area contributed by atoms with Crippen LogP contribution in [0.3, 0.4) is 0 Å². The first-order chi connectivity index (χ1) is 7.79. The second-order valence-corrected chi connectivity index (χ2v) is 4.24. The number of halogens is 1. The zero-order chi connectivity index (χ0) is 11.4. The topological polar surface area (TPSA) is 26.3 Å². The summed E-state index contributed by atoms with van der Waals surface area (Å²) in [6, 6.07) is 4.28. The summed E-state index contributed by atoms with van der Waals surface area (Å²) in [4.78, 5) is 10.4. The van der Waals surface area contributed by atoms with Crippen molar-refractivity contribution in [2.45, 2.75) is 25.7 Å². The van der Waals surface area contributed by atoms with E-state index in [0.29, 0.717) is 18.5 Å². The lowest BCUT2D eigenvalue weighted by Gasteiger charge is -2.25. The fraction of sp³-hybridized carbons (Fsp3) is 0.462. The van der Waals surface area contributed by atoms with Gasteiger partial charge in [0.05, 0.1) is 6.61 Å². The average molecular weight is 222 g/mol. The molecule has 0 bridgehead atoms. The Bertz CT molecular complexity index is 372. The lowest BCUT2D eigenvalue weighted by atomic mass is 9.83. The zero-order valence-electron chi connectivity index (χ0n) is 9.12. The van der Waals surface area contributed by atoms with Crippen LogP contribution in [0.15, 0.2) is 18.2 Å². The molecule has 0 saturated heterocycles. The Hall–Kier alpha value is -1.38. The van der Waals surface area contributed by atoms with E-state index >= 15 is 0 Å². The summed E-state index contributed by atoms with van der Waals surface area (Å²) < 4.78 is 18.7. The van der Waals surface area contributed by atoms with Crippen LogP contribution in [0.4, 0.5) is 4.39 Å². The van der Waals surface area contributed by atoms with Gasteiger partial charge in [-0.2, -0.15) is 0 Å². The third kappa shape index (κ3) is 2.60. The van der Waals surface area contributed by atoms with Crippen LogP contribution in [0.5, 0.6) is 5.75 Å². The molecule has 1 aromatic rings. The minimum absolute atomic E-state index is 0.241. The molecule has 0 heterocycles. The van der Waals surface area contributed by atoms with E-state index in [0.717, 1.165) is 12.3 Å². The summed E-state index contributed by atoms with van der Waals surface area (Å²) in [5.41, 5.74) is 0.337. The molecule has 1 aliphatic carbocycles. The van der Waals surface area contributed by atoms with Gasteiger partial charge in [0.15, 0.2) is 11.6 Å². The average Bonchev–Trinajstić information content (AvgIpc) is 2.23. The van der Waals surface area contributed by atoms with E-state index in [1.807, 2.05) is 0 Å². The fourth-order valence-corrected chi connectivity index (χ4v) is 1.82. The van der Waals surface area contributed by atoms with Crippen LogP contribution >= 0.6 is 0 Å². The molecule has 1 fully saturated rings. The summed E-state index contributed by atoms with van der Waals surface area (Å²) in [6.45, 7) is 0.558. The minimum Gasteiger partial charge on any atom is -0.491 e. The lowest BCUT2D eigenvalue weighted by molar-refractivity contribution is 0.112. The number of rotatable bonds is 5. The summed E-state index contributed by atoms with van der Waals surface area (Å²) in [5.74, 6) is 0.542. The maximum absolute atomic E-state index is 13.4. The number of carbonyl (C=O) groups is 1. The predicted molar refractivity (Wildman–Crippen MR) is 59.2 cm³/mol. The first kappa shape index (κ1) is 11.1. The van der Waals surface area contributed by atoms with E-state index in [2.05, 4.69) is 0 Å². The predicted octanol–water partition coefficient (Wildman–Crippen LogP) is 3.21. The van der Waals surface area contributed by atoms with Gasteiger partial charge in [-0.3, -0.25) is 4.79 Å². The van der Waals surface area contributed by atoms with Crippen molar-refractivity contribution < 1.29 is 13.9 Å². The standard InChI is InChI=1S/C13H15FO2/c14-12-8-11(9-15)4-5-13(12)16-7-6-10-2-1-3-10/h4-5,8-10H,1-3,6-7H2. The highest BCUT2D eigenvalue weighted by Gasteiger charge is 2.17. The molecule has 2 rings (SSSR count). The minimum atomic E-state index is -0.460. The smallest absolute Gasteiger partial charge is 0.165 e. The van der Waals surface area contributed by atoms with Crippen molar-refractivity contribution in [3.63, 3.8) is 0 Å². The largest absolute Gasteiger partial charge is 0.491 e. The maximum Gasteiger partial charge on any atom is 0.165 e. The van der Waals surface area contributed by atoms with Crippen molar-refractivity contribution in [2.24, 2.45) is 5.92 Å². The molecule has 0 spiro atoms. The Labute approximate surface area is 94.4 Å². The third-order valence-corrected chi connectivity index (χ3v) is 3.10. The molecule has 1 saturated carbocycles. The fourth-order valence-electron chi connectivity index (χ4n) is 1.82. The van der Waals surface area contributed by atoms with Crippen LogP contribution in [-0.4, -0.2) is 12.9 Å². The van der Waals surface area contributed by atoms with Crippen LogP contribution in [0.2, 0.25) is 0 Å². The van der Waals surface area contributed by atoms with Crippen LogP contribution < -0.4 is 4.74 Å². The van der Waals surface area contributed by atoms with Crippen molar-refractivity contribution in [1.29, 1.82) is 0 Å². The SMILES string of the molecule is O=Cc1ccc(OCCC2CCC2)c(F)c1. The second kappa shape index (κ2) is 5.10. The van der Waals surface area contributed by atoms with Crippen molar-refractivity contribution in [3.05, 3.63) is 29.6 Å². The van der Waals surface area contributed by atoms with Gasteiger partial charge in [-0.15, -0.1) is 0 Å². The van der Waals surface area contributed by atoms with E-state index < -0.39 is 5.82 Å². The van der Waals surface area contributed by atoms with Gasteiger partial charge in [0.25, 0.3) is 0 Å². The van der Waals surface area contributed by atoms with Gasteiger partial charge < -0.3 is 4.74 Å². The molecule has 0 atom stereocenters. The Morgan fingerprint density at radius 2 is 2.25 bits per heavy atom. The quantitative estimate of drug-likeness (QED) is 0.715. The molecule has 3 heteroatoms. The molecule has 0 unspecified atom stereocenters. The van der Waals surface area contributed by atoms with Crippen molar-refractivity contribution in [3.8, 4) is 5.75 Å². The van der Waals surface area contributed by atoms with E-state index in [-0.39, 0.29) is 5.75 Å². The molecule has 1 aliphatic rings. The van der Waals surface area contributed by atoms with Gasteiger partial charge >= 0.3 is 0 Å². The molecule has 16 heavy (non-hydrogen) atoms. The molecule has 86 valence electrons. The van der Waals surface area contributed by atoms with Crippen molar-refractivity contribution >= 4 is 6.29 Å². The Morgan fingerprint density at radius 1 is 1.44 bits per heavy atom. The van der Waals surface area contributed by atoms with Crippen molar-refractivity contribution in [2.75, 3.05) is 6.61 Å². The van der Waals surface area contributed by atoms with E-state index in [1.165, 1.54) is 31.4 Å². The highest BCUT2D eigenvalue weighted by atomic mass is 19.1. The number of ether oxygens (including phenoxy) is 1. The van der Waals surface area contributed by atoms with Crippen LogP contribution in [0, 0.1) is 11.7 Å². The Kier molecular flexibility index (Phi) is 3.54. The van der Waals surface area contributed by atoms with Gasteiger partial charge in [-0.1, -0.05) is 19.3 Å². The summed E-state index contributed by atoms with van der Waals surface area (Å²) in [5, 5.41) is 0. The van der Waals surface area contributed by atoms with Crippen molar-refractivity contribution in [1.82, 2.24) is 0 Å². The molecule has 0 aromatic heterocycles. The van der Waals surface area contributed by atoms with Crippen LogP contribution in [-0.2, 0) is 0 Å². The number of hydrogen-bond donors (Lipinski definition) is 0. The normalized spacial score (nSPS) is 15.6. The molecule has 1 aromatic carbocycles.